The molecule has 36 heavy (non-hydrogen) atoms. The molecule has 0 atom stereocenters. The van der Waals surface area contributed by atoms with Crippen LogP contribution < -0.4 is 16.0 Å². The molecule has 0 bridgehead atoms. The molecule has 0 unspecified atom stereocenters. The molecule has 2 aromatic carbocycles. The molecule has 3 N–H and O–H groups in total. The van der Waals surface area contributed by atoms with E-state index in [2.05, 4.69) is 20.9 Å². The van der Waals surface area contributed by atoms with Crippen LogP contribution in [0.15, 0.2) is 93.4 Å². The van der Waals surface area contributed by atoms with Gasteiger partial charge in [0.1, 0.15) is 11.5 Å². The van der Waals surface area contributed by atoms with Gasteiger partial charge < -0.3 is 20.4 Å². The molecule has 0 aliphatic rings. The third kappa shape index (κ3) is 7.17. The summed E-state index contributed by atoms with van der Waals surface area (Å²) in [6.07, 6.45) is 2.94. The van der Waals surface area contributed by atoms with E-state index in [4.69, 9.17) is 4.42 Å². The van der Waals surface area contributed by atoms with Gasteiger partial charge in [-0.25, -0.2) is 4.98 Å². The van der Waals surface area contributed by atoms with Crippen molar-refractivity contribution in [1.29, 1.82) is 0 Å². The molecule has 4 aromatic rings. The van der Waals surface area contributed by atoms with Crippen molar-refractivity contribution < 1.29 is 18.8 Å². The fraction of sp³-hybridized carbons (Fsp3) is 0.0769. The predicted octanol–water partition coefficient (Wildman–Crippen LogP) is 5.18. The van der Waals surface area contributed by atoms with Crippen LogP contribution >= 0.6 is 23.1 Å². The first-order valence-electron chi connectivity index (χ1n) is 10.8. The second-order valence-electron chi connectivity index (χ2n) is 7.50. The molecule has 2 heterocycles. The lowest BCUT2D eigenvalue weighted by Gasteiger charge is -2.11. The van der Waals surface area contributed by atoms with Gasteiger partial charge in [-0.1, -0.05) is 18.2 Å². The number of nitrogens with one attached hydrogen (secondary N) is 3. The number of hydrogen-bond donors (Lipinski definition) is 3. The van der Waals surface area contributed by atoms with E-state index in [0.29, 0.717) is 22.1 Å². The number of thiazole rings is 1. The van der Waals surface area contributed by atoms with Crippen LogP contribution in [-0.4, -0.2) is 28.5 Å². The fourth-order valence-electron chi connectivity index (χ4n) is 3.01. The Hall–Kier alpha value is -4.15. The van der Waals surface area contributed by atoms with E-state index in [1.165, 1.54) is 35.4 Å². The second kappa shape index (κ2) is 12.0. The van der Waals surface area contributed by atoms with Crippen molar-refractivity contribution in [2.45, 2.75) is 11.8 Å². The Morgan fingerprint density at radius 3 is 2.44 bits per heavy atom. The van der Waals surface area contributed by atoms with Crippen molar-refractivity contribution in [3.63, 3.8) is 0 Å². The lowest BCUT2D eigenvalue weighted by atomic mass is 10.2. The number of thioether (sulfide) groups is 1. The predicted molar refractivity (Wildman–Crippen MR) is 142 cm³/mol. The van der Waals surface area contributed by atoms with Crippen LogP contribution in [0.2, 0.25) is 0 Å². The number of carbonyl (C=O) groups excluding carboxylic acids is 3. The van der Waals surface area contributed by atoms with Crippen LogP contribution in [0.5, 0.6) is 0 Å². The number of benzene rings is 2. The zero-order chi connectivity index (χ0) is 25.3. The molecule has 4 rings (SSSR count). The average Bonchev–Trinajstić information content (AvgIpc) is 3.55. The van der Waals surface area contributed by atoms with E-state index in [-0.39, 0.29) is 17.4 Å². The van der Waals surface area contributed by atoms with Gasteiger partial charge in [-0.15, -0.1) is 23.1 Å². The summed E-state index contributed by atoms with van der Waals surface area (Å²) in [5, 5.41) is 10.7. The number of hydrogen-bond acceptors (Lipinski definition) is 7. The highest BCUT2D eigenvalue weighted by Gasteiger charge is 2.16. The van der Waals surface area contributed by atoms with E-state index < -0.39 is 11.8 Å². The van der Waals surface area contributed by atoms with Crippen LogP contribution in [0.3, 0.4) is 0 Å². The van der Waals surface area contributed by atoms with Crippen molar-refractivity contribution >= 4 is 57.7 Å². The van der Waals surface area contributed by atoms with Gasteiger partial charge in [0.25, 0.3) is 11.8 Å². The van der Waals surface area contributed by atoms with Gasteiger partial charge in [0.2, 0.25) is 5.91 Å². The van der Waals surface area contributed by atoms with E-state index in [0.717, 1.165) is 10.6 Å². The summed E-state index contributed by atoms with van der Waals surface area (Å²) in [7, 11) is 0. The van der Waals surface area contributed by atoms with Gasteiger partial charge in [0, 0.05) is 27.6 Å². The lowest BCUT2D eigenvalue weighted by molar-refractivity contribution is -0.114. The lowest BCUT2D eigenvalue weighted by Crippen LogP contribution is -2.30. The summed E-state index contributed by atoms with van der Waals surface area (Å²) in [5.74, 6) is -0.415. The van der Waals surface area contributed by atoms with E-state index in [1.54, 1.807) is 66.7 Å². The maximum atomic E-state index is 13.0. The van der Waals surface area contributed by atoms with Crippen molar-refractivity contribution in [3.05, 3.63) is 101 Å². The summed E-state index contributed by atoms with van der Waals surface area (Å²) in [6.45, 7) is 1.87. The summed E-state index contributed by atoms with van der Waals surface area (Å²) in [5.41, 5.74) is 1.85. The molecule has 0 aliphatic heterocycles. The van der Waals surface area contributed by atoms with Crippen molar-refractivity contribution in [2.75, 3.05) is 16.4 Å². The number of amides is 3. The summed E-state index contributed by atoms with van der Waals surface area (Å²) in [4.78, 5) is 42.8. The van der Waals surface area contributed by atoms with Crippen LogP contribution in [-0.2, 0) is 9.59 Å². The van der Waals surface area contributed by atoms with Crippen molar-refractivity contribution in [1.82, 2.24) is 10.3 Å². The Morgan fingerprint density at radius 2 is 1.78 bits per heavy atom. The molecule has 0 aliphatic carbocycles. The SMILES string of the molecule is Cc1csc(NC(=O)CSc2ccc(NC(=O)/C(=C/c3ccco3)NC(=O)c3ccccc3)cc2)n1. The molecule has 3 amide bonds. The number of carbonyl (C=O) groups is 3. The Kier molecular flexibility index (Phi) is 8.32. The third-order valence-electron chi connectivity index (χ3n) is 4.71. The smallest absolute Gasteiger partial charge is 0.272 e. The van der Waals surface area contributed by atoms with Crippen LogP contribution in [0.25, 0.3) is 6.08 Å². The maximum absolute atomic E-state index is 13.0. The Balaban J connectivity index is 1.37. The molecule has 0 spiro atoms. The van der Waals surface area contributed by atoms with E-state index >= 15 is 0 Å². The fourth-order valence-corrected chi connectivity index (χ4v) is 4.41. The van der Waals surface area contributed by atoms with Gasteiger partial charge >= 0.3 is 0 Å². The van der Waals surface area contributed by atoms with E-state index in [9.17, 15) is 14.4 Å². The standard InChI is InChI=1S/C26H22N4O4S2/c1-17-15-36-26(27-17)30-23(31)16-35-21-11-9-19(10-12-21)28-25(33)22(14-20-8-5-13-34-20)29-24(32)18-6-3-2-4-7-18/h2-15H,16H2,1H3,(H,28,33)(H,29,32)(H,27,30,31)/b22-14-. The second-order valence-corrected chi connectivity index (χ2v) is 9.41. The first-order valence-corrected chi connectivity index (χ1v) is 12.7. The maximum Gasteiger partial charge on any atom is 0.272 e. The van der Waals surface area contributed by atoms with Crippen molar-refractivity contribution in [2.24, 2.45) is 0 Å². The third-order valence-corrected chi connectivity index (χ3v) is 6.59. The van der Waals surface area contributed by atoms with Gasteiger partial charge in [0.15, 0.2) is 5.13 Å². The minimum Gasteiger partial charge on any atom is -0.465 e. The largest absolute Gasteiger partial charge is 0.465 e. The highest BCUT2D eigenvalue weighted by molar-refractivity contribution is 8.00. The van der Waals surface area contributed by atoms with E-state index in [1.807, 2.05) is 12.3 Å². The molecule has 10 heteroatoms. The van der Waals surface area contributed by atoms with Gasteiger partial charge in [-0.3, -0.25) is 14.4 Å². The summed E-state index contributed by atoms with van der Waals surface area (Å²) < 4.78 is 5.31. The average molecular weight is 519 g/mol. The number of aromatic nitrogens is 1. The zero-order valence-corrected chi connectivity index (χ0v) is 20.8. The molecule has 2 aromatic heterocycles. The molecule has 182 valence electrons. The first kappa shape index (κ1) is 25.0. The van der Waals surface area contributed by atoms with Crippen LogP contribution in [0.1, 0.15) is 21.8 Å². The van der Waals surface area contributed by atoms with Crippen LogP contribution in [0, 0.1) is 6.92 Å². The monoisotopic (exact) mass is 518 g/mol. The minimum absolute atomic E-state index is 0.0337. The Morgan fingerprint density at radius 1 is 1.00 bits per heavy atom. The minimum atomic E-state index is -0.505. The van der Waals surface area contributed by atoms with Crippen LogP contribution in [0.4, 0.5) is 10.8 Å². The highest BCUT2D eigenvalue weighted by Crippen LogP contribution is 2.22. The molecular weight excluding hydrogens is 496 g/mol. The highest BCUT2D eigenvalue weighted by atomic mass is 32.2. The Bertz CT molecular complexity index is 1360. The zero-order valence-electron chi connectivity index (χ0n) is 19.2. The number of rotatable bonds is 9. The number of aryl methyl sites for hydroxylation is 1. The molecule has 0 radical (unpaired) electrons. The normalized spacial score (nSPS) is 11.1. The summed E-state index contributed by atoms with van der Waals surface area (Å²) >= 11 is 2.75. The molecule has 0 saturated carbocycles. The quantitative estimate of drug-likeness (QED) is 0.208. The molecule has 0 saturated heterocycles. The molecule has 8 nitrogen and oxygen atoms in total. The topological polar surface area (TPSA) is 113 Å². The first-order chi connectivity index (χ1) is 17.5. The number of nitrogens with zero attached hydrogens (tertiary/aromatic N) is 1. The van der Waals surface area contributed by atoms with Gasteiger partial charge in [-0.2, -0.15) is 0 Å². The van der Waals surface area contributed by atoms with Crippen molar-refractivity contribution in [3.8, 4) is 0 Å². The molecular formula is C26H22N4O4S2. The number of anilines is 2. The summed E-state index contributed by atoms with van der Waals surface area (Å²) in [6, 6.07) is 19.0. The van der Waals surface area contributed by atoms with Gasteiger partial charge in [-0.05, 0) is 55.5 Å². The molecule has 0 fully saturated rings. The Labute approximate surface area is 215 Å². The number of furan rings is 1. The van der Waals surface area contributed by atoms with Gasteiger partial charge in [0.05, 0.1) is 17.7 Å².